The lowest BCUT2D eigenvalue weighted by Crippen LogP contribution is -2.03. The molecule has 0 spiro atoms. The fourth-order valence-electron chi connectivity index (χ4n) is 2.37. The topological polar surface area (TPSA) is 78.6 Å². The number of hydrogen-bond donors (Lipinski definition) is 1. The van der Waals surface area contributed by atoms with E-state index in [0.717, 1.165) is 0 Å². The largest absolute Gasteiger partial charge is 0.507 e. The van der Waals surface area contributed by atoms with Crippen molar-refractivity contribution in [2.75, 3.05) is 21.3 Å². The minimum atomic E-state index is 0.117. The molecule has 124 valence electrons. The molecule has 0 fully saturated rings. The lowest BCUT2D eigenvalue weighted by Gasteiger charge is -2.11. The first-order valence-corrected chi connectivity index (χ1v) is 7.18. The van der Waals surface area contributed by atoms with Crippen molar-refractivity contribution >= 4 is 0 Å². The van der Waals surface area contributed by atoms with Gasteiger partial charge in [-0.25, -0.2) is 9.67 Å². The predicted molar refractivity (Wildman–Crippen MR) is 88.1 cm³/mol. The van der Waals surface area contributed by atoms with Crippen LogP contribution in [0.5, 0.6) is 23.0 Å². The van der Waals surface area contributed by atoms with E-state index in [2.05, 4.69) is 10.1 Å². The zero-order chi connectivity index (χ0) is 17.1. The van der Waals surface area contributed by atoms with Crippen LogP contribution in [0.25, 0.3) is 17.1 Å². The minimum absolute atomic E-state index is 0.117. The smallest absolute Gasteiger partial charge is 0.206 e. The highest BCUT2D eigenvalue weighted by Crippen LogP contribution is 2.34. The number of phenolic OH excluding ortho intramolecular Hbond substituents is 1. The highest BCUT2D eigenvalue weighted by Gasteiger charge is 2.16. The molecule has 0 aliphatic heterocycles. The highest BCUT2D eigenvalue weighted by atomic mass is 16.5. The maximum atomic E-state index is 10.1. The first kappa shape index (κ1) is 15.7. The van der Waals surface area contributed by atoms with Crippen molar-refractivity contribution in [3.8, 4) is 40.1 Å². The predicted octanol–water partition coefficient (Wildman–Crippen LogP) is 2.67. The summed E-state index contributed by atoms with van der Waals surface area (Å²) < 4.78 is 17.4. The quantitative estimate of drug-likeness (QED) is 0.776. The Kier molecular flexibility index (Phi) is 4.24. The monoisotopic (exact) mass is 327 g/mol. The van der Waals surface area contributed by atoms with Crippen molar-refractivity contribution in [2.45, 2.75) is 0 Å². The number of phenols is 1. The number of aromatic nitrogens is 3. The number of ether oxygens (including phenoxy) is 3. The number of rotatable bonds is 5. The molecule has 0 saturated heterocycles. The van der Waals surface area contributed by atoms with Crippen LogP contribution in [0.4, 0.5) is 0 Å². The third-order valence-corrected chi connectivity index (χ3v) is 3.56. The first-order valence-electron chi connectivity index (χ1n) is 7.18. The van der Waals surface area contributed by atoms with Gasteiger partial charge in [-0.3, -0.25) is 0 Å². The van der Waals surface area contributed by atoms with Crippen LogP contribution < -0.4 is 14.2 Å². The summed E-state index contributed by atoms with van der Waals surface area (Å²) in [5.74, 6) is 2.28. The molecule has 0 bridgehead atoms. The Morgan fingerprint density at radius 2 is 1.83 bits per heavy atom. The molecule has 0 unspecified atom stereocenters. The SMILES string of the molecule is COc1ccc(O)c(-c2ccn(-c3nccc(OC)c3OC)n2)c1. The zero-order valence-corrected chi connectivity index (χ0v) is 13.6. The van der Waals surface area contributed by atoms with Gasteiger partial charge in [0.25, 0.3) is 0 Å². The molecular formula is C17H17N3O4. The summed E-state index contributed by atoms with van der Waals surface area (Å²) in [4.78, 5) is 4.30. The van der Waals surface area contributed by atoms with Gasteiger partial charge in [0.05, 0.1) is 27.0 Å². The molecule has 1 N–H and O–H groups in total. The first-order chi connectivity index (χ1) is 11.7. The second kappa shape index (κ2) is 6.49. The van der Waals surface area contributed by atoms with Crippen LogP contribution in [0.2, 0.25) is 0 Å². The van der Waals surface area contributed by atoms with Crippen molar-refractivity contribution in [1.82, 2.24) is 14.8 Å². The molecule has 0 aliphatic rings. The van der Waals surface area contributed by atoms with Gasteiger partial charge in [-0.15, -0.1) is 0 Å². The Hall–Kier alpha value is -3.22. The Morgan fingerprint density at radius 1 is 1.00 bits per heavy atom. The van der Waals surface area contributed by atoms with Crippen LogP contribution in [0, 0.1) is 0 Å². The van der Waals surface area contributed by atoms with E-state index < -0.39 is 0 Å². The Bertz CT molecular complexity index is 861. The molecule has 1 aromatic carbocycles. The summed E-state index contributed by atoms with van der Waals surface area (Å²) in [6, 6.07) is 8.45. The molecule has 0 amide bonds. The molecule has 3 rings (SSSR count). The number of aromatic hydroxyl groups is 1. The molecule has 7 heteroatoms. The van der Waals surface area contributed by atoms with Crippen LogP contribution in [0.15, 0.2) is 42.7 Å². The number of hydrogen-bond acceptors (Lipinski definition) is 6. The van der Waals surface area contributed by atoms with E-state index in [1.165, 1.54) is 0 Å². The van der Waals surface area contributed by atoms with E-state index in [4.69, 9.17) is 14.2 Å². The van der Waals surface area contributed by atoms with Crippen molar-refractivity contribution < 1.29 is 19.3 Å². The zero-order valence-electron chi connectivity index (χ0n) is 13.6. The third kappa shape index (κ3) is 2.71. The Labute approximate surface area is 139 Å². The van der Waals surface area contributed by atoms with E-state index in [0.29, 0.717) is 34.3 Å². The summed E-state index contributed by atoms with van der Waals surface area (Å²) in [7, 11) is 4.67. The maximum Gasteiger partial charge on any atom is 0.206 e. The molecule has 7 nitrogen and oxygen atoms in total. The minimum Gasteiger partial charge on any atom is -0.507 e. The van der Waals surface area contributed by atoms with Crippen LogP contribution in [-0.4, -0.2) is 41.2 Å². The van der Waals surface area contributed by atoms with Crippen LogP contribution in [0.1, 0.15) is 0 Å². The van der Waals surface area contributed by atoms with E-state index in [1.54, 1.807) is 68.7 Å². The maximum absolute atomic E-state index is 10.1. The van der Waals surface area contributed by atoms with Gasteiger partial charge in [0.15, 0.2) is 11.6 Å². The number of pyridine rings is 1. The number of benzene rings is 1. The van der Waals surface area contributed by atoms with Gasteiger partial charge in [0.2, 0.25) is 5.75 Å². The van der Waals surface area contributed by atoms with Crippen molar-refractivity contribution in [1.29, 1.82) is 0 Å². The van der Waals surface area contributed by atoms with E-state index >= 15 is 0 Å². The molecular weight excluding hydrogens is 310 g/mol. The van der Waals surface area contributed by atoms with Crippen molar-refractivity contribution in [3.63, 3.8) is 0 Å². The summed E-state index contributed by atoms with van der Waals surface area (Å²) >= 11 is 0. The average Bonchev–Trinajstić information content (AvgIpc) is 3.11. The van der Waals surface area contributed by atoms with Gasteiger partial charge in [0.1, 0.15) is 11.5 Å². The lowest BCUT2D eigenvalue weighted by atomic mass is 10.1. The second-order valence-electron chi connectivity index (χ2n) is 4.90. The normalized spacial score (nSPS) is 10.5. The van der Waals surface area contributed by atoms with E-state index in [9.17, 15) is 5.11 Å². The molecule has 2 aromatic heterocycles. The van der Waals surface area contributed by atoms with E-state index in [1.807, 2.05) is 0 Å². The molecule has 0 aliphatic carbocycles. The molecule has 0 saturated carbocycles. The van der Waals surface area contributed by atoms with E-state index in [-0.39, 0.29) is 5.75 Å². The van der Waals surface area contributed by atoms with Crippen LogP contribution >= 0.6 is 0 Å². The highest BCUT2D eigenvalue weighted by molar-refractivity contribution is 5.68. The summed E-state index contributed by atoms with van der Waals surface area (Å²) in [6.45, 7) is 0. The standard InChI is InChI=1S/C17H17N3O4/c1-22-11-4-5-14(21)12(10-11)13-7-9-20(19-13)17-16(24-3)15(23-2)6-8-18-17/h4-10,21H,1-3H3. The lowest BCUT2D eigenvalue weighted by molar-refractivity contribution is 0.351. The summed E-state index contributed by atoms with van der Waals surface area (Å²) in [5.41, 5.74) is 1.15. The molecule has 2 heterocycles. The van der Waals surface area contributed by atoms with Crippen molar-refractivity contribution in [2.24, 2.45) is 0 Å². The average molecular weight is 327 g/mol. The van der Waals surface area contributed by atoms with Gasteiger partial charge in [-0.05, 0) is 24.3 Å². The van der Waals surface area contributed by atoms with Crippen LogP contribution in [-0.2, 0) is 0 Å². The van der Waals surface area contributed by atoms with Gasteiger partial charge >= 0.3 is 0 Å². The summed E-state index contributed by atoms with van der Waals surface area (Å²) in [5, 5.41) is 14.6. The van der Waals surface area contributed by atoms with Gasteiger partial charge in [0, 0.05) is 24.0 Å². The fraction of sp³-hybridized carbons (Fsp3) is 0.176. The molecule has 24 heavy (non-hydrogen) atoms. The van der Waals surface area contributed by atoms with Crippen LogP contribution in [0.3, 0.4) is 0 Å². The Morgan fingerprint density at radius 3 is 2.54 bits per heavy atom. The Balaban J connectivity index is 2.06. The van der Waals surface area contributed by atoms with Gasteiger partial charge in [-0.1, -0.05) is 0 Å². The number of methoxy groups -OCH3 is 3. The second-order valence-corrected chi connectivity index (χ2v) is 4.90. The van der Waals surface area contributed by atoms with Gasteiger partial charge < -0.3 is 19.3 Å². The molecule has 3 aromatic rings. The summed E-state index contributed by atoms with van der Waals surface area (Å²) in [6.07, 6.45) is 3.35. The number of nitrogens with zero attached hydrogens (tertiary/aromatic N) is 3. The molecule has 0 atom stereocenters. The third-order valence-electron chi connectivity index (χ3n) is 3.56. The fourth-order valence-corrected chi connectivity index (χ4v) is 2.37. The van der Waals surface area contributed by atoms with Gasteiger partial charge in [-0.2, -0.15) is 5.10 Å². The molecule has 0 radical (unpaired) electrons. The van der Waals surface area contributed by atoms with Crippen molar-refractivity contribution in [3.05, 3.63) is 42.7 Å².